The molecular weight excluding hydrogens is 890 g/mol. The van der Waals surface area contributed by atoms with E-state index in [-0.39, 0.29) is 86.5 Å². The molecule has 3 aromatic carbocycles. The van der Waals surface area contributed by atoms with Crippen LogP contribution in [0.2, 0.25) is 0 Å². The average Bonchev–Trinajstić information content (AvgIpc) is 3.18. The van der Waals surface area contributed by atoms with Crippen LogP contribution >= 0.6 is 46.7 Å². The maximum Gasteiger partial charge on any atom is 0.173 e. The molecule has 2 aromatic heterocycles. The van der Waals surface area contributed by atoms with Gasteiger partial charge in [0.1, 0.15) is 6.54 Å². The maximum absolute atomic E-state index is 9.69. The van der Waals surface area contributed by atoms with Gasteiger partial charge in [0.05, 0.1) is 0 Å². The molecule has 0 bridgehead atoms. The average molecular weight is 953 g/mol. The number of pyridine rings is 2. The van der Waals surface area contributed by atoms with E-state index >= 15 is 0 Å². The van der Waals surface area contributed by atoms with Gasteiger partial charge in [0.15, 0.2) is 65.8 Å². The molecular formula is C42H63ClN2O6P4V2+2. The zero-order valence-electron chi connectivity index (χ0n) is 31.5. The third-order valence-electron chi connectivity index (χ3n) is 8.52. The Morgan fingerprint density at radius 2 is 1.09 bits per heavy atom. The van der Waals surface area contributed by atoms with Gasteiger partial charge in [-0.05, 0) is 89.1 Å². The number of aromatic hydroxyl groups is 6. The molecule has 0 saturated carbocycles. The van der Waals surface area contributed by atoms with E-state index in [0.717, 1.165) is 35.8 Å². The van der Waals surface area contributed by atoms with Crippen LogP contribution in [0.15, 0.2) is 104 Å². The van der Waals surface area contributed by atoms with Crippen molar-refractivity contribution in [2.24, 2.45) is 0 Å². The van der Waals surface area contributed by atoms with E-state index < -0.39 is 0 Å². The van der Waals surface area contributed by atoms with Crippen molar-refractivity contribution in [1.82, 2.24) is 0 Å². The van der Waals surface area contributed by atoms with Gasteiger partial charge in [0.2, 0.25) is 0 Å². The first-order valence-corrected chi connectivity index (χ1v) is 23.4. The van der Waals surface area contributed by atoms with E-state index in [4.69, 9.17) is 32.0 Å². The quantitative estimate of drug-likeness (QED) is 0.0320. The number of aryl methyl sites for hydroxylation is 1. The number of unbranched alkanes of at least 4 members (excludes halogenated alkanes) is 1. The van der Waals surface area contributed by atoms with Crippen LogP contribution in [0.4, 0.5) is 0 Å². The van der Waals surface area contributed by atoms with E-state index in [1.54, 1.807) is 24.3 Å². The summed E-state index contributed by atoms with van der Waals surface area (Å²) >= 11 is 5.46. The Balaban J connectivity index is -0.000000925. The predicted molar refractivity (Wildman–Crippen MR) is 243 cm³/mol. The van der Waals surface area contributed by atoms with Crippen LogP contribution in [0, 0.1) is 0 Å². The molecule has 0 aliphatic carbocycles. The Kier molecular flexibility index (Phi) is 34.0. The molecule has 15 heteroatoms. The first kappa shape index (κ1) is 59.3. The molecule has 0 spiro atoms. The third-order valence-corrected chi connectivity index (χ3v) is 10.5. The summed E-state index contributed by atoms with van der Waals surface area (Å²) in [5.74, 6) is 0.857. The minimum Gasteiger partial charge on any atom is -0.504 e. The third kappa shape index (κ3) is 21.2. The van der Waals surface area contributed by atoms with Crippen molar-refractivity contribution >= 4 is 52.0 Å². The van der Waals surface area contributed by atoms with Crippen molar-refractivity contribution in [1.29, 1.82) is 0 Å². The molecule has 6 N–H and O–H groups in total. The Hall–Kier alpha value is -2.06. The molecule has 5 aromatic rings. The smallest absolute Gasteiger partial charge is 0.173 e. The van der Waals surface area contributed by atoms with Crippen LogP contribution < -0.4 is 14.4 Å². The van der Waals surface area contributed by atoms with Crippen molar-refractivity contribution in [2.75, 3.05) is 0 Å². The van der Waals surface area contributed by atoms with Crippen molar-refractivity contribution in [3.8, 4) is 34.5 Å². The molecule has 312 valence electrons. The molecule has 0 aliphatic heterocycles. The summed E-state index contributed by atoms with van der Waals surface area (Å²) in [7, 11) is 7.80. The standard InChI is InChI=1S/C27H34N2O2.C7H7ClO2.C6H8O2P2.2CH4.H4P2.2V/c1-4-6-13-28-14-11-25(12-15-28)23(5-2)18-21(3)24-9-16-29(17-10-24)20-22-7-8-26(30)27(31)19-22;8-4-5-1-2-6(9)7(10)3-5;7-5-2-1-4(10-9)3-6(5)8;;;1-2;;/h7-12,14-17,19,21,23H,4-6,13,18,20H2,1-3H3;1-3,9-10H,4H2;1-3,7-8,10H,9H2;2*1H4;1-2H2;;/p+2. The van der Waals surface area contributed by atoms with Crippen LogP contribution in [0.1, 0.15) is 95.4 Å². The molecule has 2 radical (unpaired) electrons. The van der Waals surface area contributed by atoms with Gasteiger partial charge < -0.3 is 30.6 Å². The zero-order valence-corrected chi connectivity index (χ0v) is 39.5. The van der Waals surface area contributed by atoms with Gasteiger partial charge >= 0.3 is 0 Å². The van der Waals surface area contributed by atoms with E-state index in [0.29, 0.717) is 32.5 Å². The SMILES string of the molecule is C.C.CCCC[n+]1ccc(C(CC)CC(C)c2cc[n+](Cc3ccc(O)c(O)c3)cc2)cc1.Oc1ccc(CCl)cc1O.Oc1ccc(PP)cc1O.PP.[V].[V]. The largest absolute Gasteiger partial charge is 0.504 e. The Bertz CT molecular complexity index is 1760. The van der Waals surface area contributed by atoms with Gasteiger partial charge in [-0.3, -0.25) is 0 Å². The minimum absolute atomic E-state index is 0. The summed E-state index contributed by atoms with van der Waals surface area (Å²) < 4.78 is 4.37. The van der Waals surface area contributed by atoms with Gasteiger partial charge in [-0.2, -0.15) is 0 Å². The zero-order chi connectivity index (χ0) is 39.3. The van der Waals surface area contributed by atoms with Gasteiger partial charge in [0, 0.05) is 79.2 Å². The van der Waals surface area contributed by atoms with E-state index in [1.807, 2.05) is 6.07 Å². The number of aromatic nitrogens is 2. The normalized spacial score (nSPS) is 10.9. The summed E-state index contributed by atoms with van der Waals surface area (Å²) in [4.78, 5) is 0. The van der Waals surface area contributed by atoms with Crippen LogP contribution in [0.5, 0.6) is 34.5 Å². The predicted octanol–water partition coefficient (Wildman–Crippen LogP) is 10.2. The number of hydrogen-bond acceptors (Lipinski definition) is 6. The molecule has 0 saturated heterocycles. The fraction of sp³-hybridized carbons (Fsp3) is 0.333. The summed E-state index contributed by atoms with van der Waals surface area (Å²) in [6, 6.07) is 23.3. The van der Waals surface area contributed by atoms with Crippen molar-refractivity contribution in [3.05, 3.63) is 126 Å². The molecule has 0 aliphatic rings. The number of benzene rings is 3. The number of hydrogen-bond donors (Lipinski definition) is 6. The molecule has 6 atom stereocenters. The number of rotatable bonds is 12. The van der Waals surface area contributed by atoms with Crippen molar-refractivity contribution in [3.63, 3.8) is 0 Å². The molecule has 57 heavy (non-hydrogen) atoms. The first-order chi connectivity index (χ1) is 25.5. The topological polar surface area (TPSA) is 129 Å². The second-order valence-corrected chi connectivity index (χ2v) is 14.4. The summed E-state index contributed by atoms with van der Waals surface area (Å²) in [6.07, 6.45) is 13.4. The van der Waals surface area contributed by atoms with Crippen molar-refractivity contribution < 1.29 is 76.9 Å². The molecule has 0 fully saturated rings. The number of phenols is 6. The van der Waals surface area contributed by atoms with Crippen LogP contribution in [-0.2, 0) is 56.1 Å². The monoisotopic (exact) mass is 952 g/mol. The fourth-order valence-corrected chi connectivity index (χ4v) is 6.48. The van der Waals surface area contributed by atoms with Crippen LogP contribution in [0.25, 0.3) is 0 Å². The number of phenolic OH excluding ortho intramolecular Hbond substituents is 6. The van der Waals surface area contributed by atoms with Crippen LogP contribution in [0.3, 0.4) is 0 Å². The van der Waals surface area contributed by atoms with Crippen molar-refractivity contribution in [2.45, 2.75) is 92.1 Å². The van der Waals surface area contributed by atoms with Gasteiger partial charge in [-0.15, -0.1) is 38.4 Å². The number of halogens is 1. The van der Waals surface area contributed by atoms with Gasteiger partial charge in [0.25, 0.3) is 0 Å². The Morgan fingerprint density at radius 1 is 0.632 bits per heavy atom. The fourth-order valence-electron chi connectivity index (χ4n) is 5.38. The molecule has 6 unspecified atom stereocenters. The maximum atomic E-state index is 9.69. The number of nitrogens with zero attached hydrogens (tertiary/aromatic N) is 2. The van der Waals surface area contributed by atoms with E-state index in [2.05, 4.69) is 106 Å². The van der Waals surface area contributed by atoms with E-state index in [9.17, 15) is 10.2 Å². The second kappa shape index (κ2) is 32.8. The summed E-state index contributed by atoms with van der Waals surface area (Å²) in [5, 5.41) is 55.8. The van der Waals surface area contributed by atoms with E-state index in [1.165, 1.54) is 48.2 Å². The minimum atomic E-state index is -0.127. The summed E-state index contributed by atoms with van der Waals surface area (Å²) in [6.45, 7) is 8.57. The molecule has 0 amide bonds. The molecule has 2 heterocycles. The second-order valence-electron chi connectivity index (χ2n) is 12.4. The first-order valence-electron chi connectivity index (χ1n) is 17.3. The Morgan fingerprint density at radius 3 is 1.54 bits per heavy atom. The van der Waals surface area contributed by atoms with Gasteiger partial charge in [-0.25, -0.2) is 9.13 Å². The summed E-state index contributed by atoms with van der Waals surface area (Å²) in [5.41, 5.74) is 4.52. The Labute approximate surface area is 378 Å². The van der Waals surface area contributed by atoms with Gasteiger partial charge in [-0.1, -0.05) is 62.4 Å². The number of alkyl halides is 1. The van der Waals surface area contributed by atoms with Crippen LogP contribution in [-0.4, -0.2) is 30.6 Å². The molecule has 5 rings (SSSR count). The molecule has 8 nitrogen and oxygen atoms in total.